The molecule has 7 heteroatoms. The van der Waals surface area contributed by atoms with Gasteiger partial charge in [0.2, 0.25) is 0 Å². The Bertz CT molecular complexity index is 264. The molecule has 0 aromatic carbocycles. The molecule has 1 rings (SSSR count). The van der Waals surface area contributed by atoms with Crippen LogP contribution in [0.5, 0.6) is 0 Å². The van der Waals surface area contributed by atoms with Gasteiger partial charge in [-0.3, -0.25) is 0 Å². The van der Waals surface area contributed by atoms with Gasteiger partial charge >= 0.3 is 6.18 Å². The van der Waals surface area contributed by atoms with Crippen LogP contribution in [0.15, 0.2) is 0 Å². The summed E-state index contributed by atoms with van der Waals surface area (Å²) in [6.45, 7) is 3.15. The van der Waals surface area contributed by atoms with Crippen LogP contribution < -0.4 is 0 Å². The Labute approximate surface area is 66.4 Å². The highest BCUT2D eigenvalue weighted by atomic mass is 19.4. The molecule has 0 fully saturated rings. The van der Waals surface area contributed by atoms with E-state index >= 15 is 0 Å². The number of aromatic nitrogens is 4. The molecular weight excluding hydrogens is 173 g/mol. The third-order valence-corrected chi connectivity index (χ3v) is 1.24. The number of rotatable bonds is 1. The zero-order valence-electron chi connectivity index (χ0n) is 6.50. The largest absolute Gasteiger partial charge is 0.453 e. The molecule has 12 heavy (non-hydrogen) atoms. The standard InChI is InChI=1S/C5H7F3N4/c1-3(2)12-4(5(6,7)8)9-10-11-12/h3H,1-2H3. The molecule has 4 nitrogen and oxygen atoms in total. The fraction of sp³-hybridized carbons (Fsp3) is 0.800. The van der Waals surface area contributed by atoms with Gasteiger partial charge in [0.1, 0.15) is 0 Å². The number of halogens is 3. The van der Waals surface area contributed by atoms with E-state index < -0.39 is 18.0 Å². The van der Waals surface area contributed by atoms with Gasteiger partial charge < -0.3 is 0 Å². The van der Waals surface area contributed by atoms with Crippen molar-refractivity contribution in [2.75, 3.05) is 0 Å². The predicted molar refractivity (Wildman–Crippen MR) is 33.2 cm³/mol. The van der Waals surface area contributed by atoms with E-state index in [1.807, 2.05) is 0 Å². The summed E-state index contributed by atoms with van der Waals surface area (Å²) in [6.07, 6.45) is -4.48. The van der Waals surface area contributed by atoms with E-state index in [0.717, 1.165) is 4.68 Å². The summed E-state index contributed by atoms with van der Waals surface area (Å²) in [5.74, 6) is -1.06. The normalized spacial score (nSPS) is 12.5. The second-order valence-corrected chi connectivity index (χ2v) is 2.54. The van der Waals surface area contributed by atoms with Crippen LogP contribution >= 0.6 is 0 Å². The van der Waals surface area contributed by atoms with Crippen LogP contribution in [0, 0.1) is 0 Å². The van der Waals surface area contributed by atoms with Crippen molar-refractivity contribution in [3.05, 3.63) is 5.82 Å². The van der Waals surface area contributed by atoms with E-state index in [-0.39, 0.29) is 0 Å². The minimum Gasteiger partial charge on any atom is -0.219 e. The van der Waals surface area contributed by atoms with Gasteiger partial charge in [-0.2, -0.15) is 13.2 Å². The third-order valence-electron chi connectivity index (χ3n) is 1.24. The van der Waals surface area contributed by atoms with Crippen LogP contribution in [0.4, 0.5) is 13.2 Å². The molecule has 0 saturated carbocycles. The number of hydrogen-bond acceptors (Lipinski definition) is 3. The van der Waals surface area contributed by atoms with Gasteiger partial charge in [-0.05, 0) is 24.3 Å². The Balaban J connectivity index is 3.08. The SMILES string of the molecule is CC(C)n1nnnc1C(F)(F)F. The topological polar surface area (TPSA) is 43.6 Å². The molecule has 0 N–H and O–H groups in total. The van der Waals surface area contributed by atoms with Crippen LogP contribution in [0.2, 0.25) is 0 Å². The van der Waals surface area contributed by atoms with Crippen LogP contribution in [-0.4, -0.2) is 20.2 Å². The minimum absolute atomic E-state index is 0.392. The highest BCUT2D eigenvalue weighted by Crippen LogP contribution is 2.27. The Morgan fingerprint density at radius 3 is 2.25 bits per heavy atom. The lowest BCUT2D eigenvalue weighted by molar-refractivity contribution is -0.148. The quantitative estimate of drug-likeness (QED) is 0.653. The van der Waals surface area contributed by atoms with E-state index in [9.17, 15) is 13.2 Å². The molecule has 68 valence electrons. The Morgan fingerprint density at radius 1 is 1.33 bits per heavy atom. The summed E-state index contributed by atoms with van der Waals surface area (Å²) in [6, 6.07) is -0.392. The van der Waals surface area contributed by atoms with E-state index in [1.54, 1.807) is 13.8 Å². The summed E-state index contributed by atoms with van der Waals surface area (Å²) in [5, 5.41) is 9.06. The fourth-order valence-electron chi connectivity index (χ4n) is 0.728. The van der Waals surface area contributed by atoms with Crippen LogP contribution in [0.25, 0.3) is 0 Å². The molecule has 0 unspecified atom stereocenters. The molecule has 0 radical (unpaired) electrons. The Morgan fingerprint density at radius 2 is 1.92 bits per heavy atom. The van der Waals surface area contributed by atoms with E-state index in [1.165, 1.54) is 0 Å². The van der Waals surface area contributed by atoms with Gasteiger partial charge in [-0.15, -0.1) is 5.10 Å². The van der Waals surface area contributed by atoms with Crippen molar-refractivity contribution in [2.24, 2.45) is 0 Å². The molecule has 0 saturated heterocycles. The van der Waals surface area contributed by atoms with Crippen molar-refractivity contribution in [2.45, 2.75) is 26.1 Å². The van der Waals surface area contributed by atoms with Crippen molar-refractivity contribution in [1.82, 2.24) is 20.2 Å². The zero-order chi connectivity index (χ0) is 9.35. The van der Waals surface area contributed by atoms with Gasteiger partial charge in [-0.1, -0.05) is 0 Å². The van der Waals surface area contributed by atoms with Gasteiger partial charge in [0, 0.05) is 0 Å². The summed E-state index contributed by atoms with van der Waals surface area (Å²) in [4.78, 5) is 0. The van der Waals surface area contributed by atoms with Crippen molar-refractivity contribution in [1.29, 1.82) is 0 Å². The number of alkyl halides is 3. The van der Waals surface area contributed by atoms with Crippen LogP contribution in [0.1, 0.15) is 25.7 Å². The monoisotopic (exact) mass is 180 g/mol. The molecule has 1 heterocycles. The van der Waals surface area contributed by atoms with Crippen molar-refractivity contribution in [3.63, 3.8) is 0 Å². The van der Waals surface area contributed by atoms with Crippen molar-refractivity contribution < 1.29 is 13.2 Å². The minimum atomic E-state index is -4.48. The molecule has 0 aliphatic heterocycles. The summed E-state index contributed by atoms with van der Waals surface area (Å²) in [7, 11) is 0. The first kappa shape index (κ1) is 8.95. The molecule has 0 spiro atoms. The summed E-state index contributed by atoms with van der Waals surface area (Å²) in [5.41, 5.74) is 0. The smallest absolute Gasteiger partial charge is 0.219 e. The summed E-state index contributed by atoms with van der Waals surface area (Å²) < 4.78 is 37.0. The zero-order valence-corrected chi connectivity index (χ0v) is 6.50. The lowest BCUT2D eigenvalue weighted by Gasteiger charge is -2.09. The maximum absolute atomic E-state index is 12.1. The van der Waals surface area contributed by atoms with Crippen molar-refractivity contribution in [3.8, 4) is 0 Å². The highest BCUT2D eigenvalue weighted by molar-refractivity contribution is 4.88. The van der Waals surface area contributed by atoms with E-state index in [4.69, 9.17) is 0 Å². The lowest BCUT2D eigenvalue weighted by atomic mass is 10.4. The first-order valence-electron chi connectivity index (χ1n) is 3.28. The molecule has 0 bridgehead atoms. The summed E-state index contributed by atoms with van der Waals surface area (Å²) >= 11 is 0. The molecular formula is C5H7F3N4. The molecule has 1 aromatic heterocycles. The third kappa shape index (κ3) is 1.54. The number of nitrogens with zero attached hydrogens (tertiary/aromatic N) is 4. The average Bonchev–Trinajstić information content (AvgIpc) is 2.30. The first-order valence-corrected chi connectivity index (χ1v) is 3.28. The predicted octanol–water partition coefficient (Wildman–Crippen LogP) is 1.27. The number of tetrazole rings is 1. The fourth-order valence-corrected chi connectivity index (χ4v) is 0.728. The lowest BCUT2D eigenvalue weighted by Crippen LogP contribution is -2.17. The first-order chi connectivity index (χ1) is 5.43. The Kier molecular flexibility index (Phi) is 2.03. The highest BCUT2D eigenvalue weighted by Gasteiger charge is 2.38. The van der Waals surface area contributed by atoms with Crippen molar-refractivity contribution >= 4 is 0 Å². The molecule has 0 aliphatic rings. The maximum atomic E-state index is 12.1. The molecule has 0 aliphatic carbocycles. The van der Waals surface area contributed by atoms with Gasteiger partial charge in [0.15, 0.2) is 0 Å². The Hall–Kier alpha value is -1.14. The van der Waals surface area contributed by atoms with Crippen LogP contribution in [-0.2, 0) is 6.18 Å². The second kappa shape index (κ2) is 2.72. The van der Waals surface area contributed by atoms with Gasteiger partial charge in [0.25, 0.3) is 5.82 Å². The van der Waals surface area contributed by atoms with Crippen LogP contribution in [0.3, 0.4) is 0 Å². The van der Waals surface area contributed by atoms with E-state index in [0.29, 0.717) is 0 Å². The van der Waals surface area contributed by atoms with Gasteiger partial charge in [-0.25, -0.2) is 4.68 Å². The maximum Gasteiger partial charge on any atom is 0.453 e. The average molecular weight is 180 g/mol. The number of hydrogen-bond donors (Lipinski definition) is 0. The molecule has 0 amide bonds. The van der Waals surface area contributed by atoms with Gasteiger partial charge in [0.05, 0.1) is 6.04 Å². The van der Waals surface area contributed by atoms with E-state index in [2.05, 4.69) is 15.5 Å². The molecule has 1 aromatic rings. The molecule has 0 atom stereocenters. The second-order valence-electron chi connectivity index (χ2n) is 2.54.